The van der Waals surface area contributed by atoms with E-state index in [4.69, 9.17) is 9.47 Å². The highest BCUT2D eigenvalue weighted by atomic mass is 79.9. The topological polar surface area (TPSA) is 78.7 Å². The lowest BCUT2D eigenvalue weighted by Gasteiger charge is -2.12. The molecule has 0 radical (unpaired) electrons. The van der Waals surface area contributed by atoms with E-state index < -0.39 is 10.9 Å². The third-order valence-electron chi connectivity index (χ3n) is 3.05. The number of carbonyl (C=O) groups is 1. The summed E-state index contributed by atoms with van der Waals surface area (Å²) in [4.78, 5) is 21.9. The van der Waals surface area contributed by atoms with Crippen LogP contribution in [0.3, 0.4) is 0 Å². The van der Waals surface area contributed by atoms with Crippen molar-refractivity contribution in [1.82, 2.24) is 0 Å². The summed E-state index contributed by atoms with van der Waals surface area (Å²) >= 11 is 3.30. The molecule has 0 aliphatic heterocycles. The molecule has 0 aromatic heterocycles. The number of hydrogen-bond acceptors (Lipinski definition) is 5. The number of carbonyl (C=O) groups excluding carboxylic acids is 1. The van der Waals surface area contributed by atoms with Gasteiger partial charge in [0.15, 0.2) is 11.5 Å². The van der Waals surface area contributed by atoms with Gasteiger partial charge < -0.3 is 9.47 Å². The highest BCUT2D eigenvalue weighted by Crippen LogP contribution is 2.37. The smallest absolute Gasteiger partial charge is 0.315 e. The Labute approximate surface area is 147 Å². The SMILES string of the molecule is COc1cc(C=C[N+](=O)[O-])cc(Br)c1OC(=O)Cc1ccccc1. The van der Waals surface area contributed by atoms with Gasteiger partial charge in [-0.3, -0.25) is 14.9 Å². The second kappa shape index (κ2) is 8.26. The number of hydrogen-bond donors (Lipinski definition) is 0. The molecule has 124 valence electrons. The standard InChI is InChI=1S/C17H14BrNO5/c1-23-15-10-13(7-8-19(21)22)9-14(18)17(15)24-16(20)11-12-5-3-2-4-6-12/h2-10H,11H2,1H3. The molecule has 2 aromatic carbocycles. The fourth-order valence-electron chi connectivity index (χ4n) is 1.99. The van der Waals surface area contributed by atoms with Crippen molar-refractivity contribution in [2.45, 2.75) is 6.42 Å². The van der Waals surface area contributed by atoms with Gasteiger partial charge in [-0.15, -0.1) is 0 Å². The minimum atomic E-state index is -0.561. The van der Waals surface area contributed by atoms with Crippen LogP contribution in [-0.2, 0) is 11.2 Å². The van der Waals surface area contributed by atoms with Crippen molar-refractivity contribution in [2.75, 3.05) is 7.11 Å². The van der Waals surface area contributed by atoms with Crippen LogP contribution in [0.2, 0.25) is 0 Å². The second-order valence-corrected chi connectivity index (χ2v) is 5.63. The van der Waals surface area contributed by atoms with E-state index in [0.717, 1.165) is 11.8 Å². The normalized spacial score (nSPS) is 10.6. The van der Waals surface area contributed by atoms with E-state index in [1.807, 2.05) is 30.3 Å². The van der Waals surface area contributed by atoms with Crippen LogP contribution >= 0.6 is 15.9 Å². The van der Waals surface area contributed by atoms with Gasteiger partial charge in [0.05, 0.1) is 22.9 Å². The Balaban J connectivity index is 2.20. The molecule has 0 amide bonds. The predicted octanol–water partition coefficient (Wildman–Crippen LogP) is 3.85. The van der Waals surface area contributed by atoms with Crippen molar-refractivity contribution in [3.05, 3.63) is 74.4 Å². The molecule has 0 aliphatic carbocycles. The molecule has 0 spiro atoms. The van der Waals surface area contributed by atoms with Crippen molar-refractivity contribution < 1.29 is 19.2 Å². The van der Waals surface area contributed by atoms with Gasteiger partial charge in [0.1, 0.15) is 0 Å². The van der Waals surface area contributed by atoms with Crippen molar-refractivity contribution in [2.24, 2.45) is 0 Å². The van der Waals surface area contributed by atoms with Gasteiger partial charge in [-0.05, 0) is 39.2 Å². The maximum Gasteiger partial charge on any atom is 0.315 e. The summed E-state index contributed by atoms with van der Waals surface area (Å²) in [7, 11) is 1.43. The van der Waals surface area contributed by atoms with Gasteiger partial charge in [-0.2, -0.15) is 0 Å². The van der Waals surface area contributed by atoms with Crippen LogP contribution in [0.15, 0.2) is 53.1 Å². The van der Waals surface area contributed by atoms with Crippen LogP contribution in [-0.4, -0.2) is 18.0 Å². The molecular formula is C17H14BrNO5. The Morgan fingerprint density at radius 2 is 2.00 bits per heavy atom. The van der Waals surface area contributed by atoms with E-state index in [1.54, 1.807) is 12.1 Å². The molecule has 0 heterocycles. The molecule has 2 aromatic rings. The summed E-state index contributed by atoms with van der Waals surface area (Å²) in [5, 5.41) is 10.4. The Morgan fingerprint density at radius 1 is 1.29 bits per heavy atom. The summed E-state index contributed by atoms with van der Waals surface area (Å²) in [6, 6.07) is 12.4. The molecule has 0 unspecified atom stereocenters. The fraction of sp³-hybridized carbons (Fsp3) is 0.118. The first kappa shape index (κ1) is 17.7. The van der Waals surface area contributed by atoms with Crippen LogP contribution in [0.1, 0.15) is 11.1 Å². The van der Waals surface area contributed by atoms with Crippen molar-refractivity contribution >= 4 is 28.0 Å². The number of rotatable bonds is 6. The quantitative estimate of drug-likeness (QED) is 0.323. The van der Waals surface area contributed by atoms with Gasteiger partial charge in [-0.1, -0.05) is 30.3 Å². The number of methoxy groups -OCH3 is 1. The molecule has 0 atom stereocenters. The van der Waals surface area contributed by atoms with Crippen molar-refractivity contribution in [3.8, 4) is 11.5 Å². The second-order valence-electron chi connectivity index (χ2n) is 4.77. The zero-order valence-electron chi connectivity index (χ0n) is 12.8. The van der Waals surface area contributed by atoms with Gasteiger partial charge in [0.2, 0.25) is 6.20 Å². The third kappa shape index (κ3) is 4.92. The van der Waals surface area contributed by atoms with E-state index in [-0.39, 0.29) is 12.2 Å². The highest BCUT2D eigenvalue weighted by molar-refractivity contribution is 9.10. The zero-order chi connectivity index (χ0) is 17.5. The van der Waals surface area contributed by atoms with E-state index in [0.29, 0.717) is 15.8 Å². The molecule has 2 rings (SSSR count). The zero-order valence-corrected chi connectivity index (χ0v) is 14.4. The van der Waals surface area contributed by atoms with Crippen LogP contribution in [0, 0.1) is 10.1 Å². The first-order valence-corrected chi connectivity index (χ1v) is 7.72. The van der Waals surface area contributed by atoms with Crippen molar-refractivity contribution in [3.63, 3.8) is 0 Å². The van der Waals surface area contributed by atoms with Crippen LogP contribution < -0.4 is 9.47 Å². The molecule has 0 N–H and O–H groups in total. The molecule has 0 saturated carbocycles. The van der Waals surface area contributed by atoms with Crippen LogP contribution in [0.25, 0.3) is 6.08 Å². The van der Waals surface area contributed by atoms with Crippen LogP contribution in [0.4, 0.5) is 0 Å². The molecule has 6 nitrogen and oxygen atoms in total. The van der Waals surface area contributed by atoms with Gasteiger partial charge in [0.25, 0.3) is 0 Å². The monoisotopic (exact) mass is 391 g/mol. The lowest BCUT2D eigenvalue weighted by Crippen LogP contribution is -2.12. The molecule has 7 heteroatoms. The predicted molar refractivity (Wildman–Crippen MR) is 92.5 cm³/mol. The van der Waals surface area contributed by atoms with Gasteiger partial charge >= 0.3 is 5.97 Å². The minimum Gasteiger partial charge on any atom is -0.493 e. The average molecular weight is 392 g/mol. The van der Waals surface area contributed by atoms with E-state index in [1.165, 1.54) is 13.2 Å². The Hall–Kier alpha value is -2.67. The number of nitrogens with zero attached hydrogens (tertiary/aromatic N) is 1. The molecule has 0 fully saturated rings. The lowest BCUT2D eigenvalue weighted by atomic mass is 10.1. The van der Waals surface area contributed by atoms with E-state index in [9.17, 15) is 14.9 Å². The maximum atomic E-state index is 12.1. The summed E-state index contributed by atoms with van der Waals surface area (Å²) in [5.41, 5.74) is 1.38. The number of halogens is 1. The number of ether oxygens (including phenoxy) is 2. The molecule has 0 aliphatic rings. The summed E-state index contributed by atoms with van der Waals surface area (Å²) < 4.78 is 11.1. The first-order valence-electron chi connectivity index (χ1n) is 6.93. The fourth-order valence-corrected chi connectivity index (χ4v) is 2.54. The molecule has 0 saturated heterocycles. The van der Waals surface area contributed by atoms with E-state index >= 15 is 0 Å². The minimum absolute atomic E-state index is 0.124. The Morgan fingerprint density at radius 3 is 2.62 bits per heavy atom. The number of benzene rings is 2. The largest absolute Gasteiger partial charge is 0.493 e. The number of esters is 1. The van der Waals surface area contributed by atoms with E-state index in [2.05, 4.69) is 15.9 Å². The Kier molecular flexibility index (Phi) is 6.08. The van der Waals surface area contributed by atoms with Crippen molar-refractivity contribution in [1.29, 1.82) is 0 Å². The third-order valence-corrected chi connectivity index (χ3v) is 3.64. The lowest BCUT2D eigenvalue weighted by molar-refractivity contribution is -0.400. The summed E-state index contributed by atoms with van der Waals surface area (Å²) in [6.45, 7) is 0. The summed E-state index contributed by atoms with van der Waals surface area (Å²) in [6.07, 6.45) is 2.27. The molecule has 0 bridgehead atoms. The van der Waals surface area contributed by atoms with Gasteiger partial charge in [-0.25, -0.2) is 0 Å². The highest BCUT2D eigenvalue weighted by Gasteiger charge is 2.15. The first-order chi connectivity index (χ1) is 11.5. The van der Waals surface area contributed by atoms with Crippen LogP contribution in [0.5, 0.6) is 11.5 Å². The Bertz CT molecular complexity index is 774. The maximum absolute atomic E-state index is 12.1. The number of nitro groups is 1. The van der Waals surface area contributed by atoms with Gasteiger partial charge in [0, 0.05) is 6.08 Å². The average Bonchev–Trinajstić information content (AvgIpc) is 2.55. The summed E-state index contributed by atoms with van der Waals surface area (Å²) in [5.74, 6) is 0.0965. The molecule has 24 heavy (non-hydrogen) atoms. The molecular weight excluding hydrogens is 378 g/mol.